The fraction of sp³-hybridized carbons (Fsp3) is 0.667. The van der Waals surface area contributed by atoms with Crippen LogP contribution in [-0.4, -0.2) is 91.8 Å². The average Bonchev–Trinajstić information content (AvgIpc) is 2.90. The summed E-state index contributed by atoms with van der Waals surface area (Å²) in [5, 5.41) is 61.9. The summed E-state index contributed by atoms with van der Waals surface area (Å²) in [7, 11) is 0. The second kappa shape index (κ2) is 17.7. The number of nitrogens with one attached hydrogen (secondary N) is 3. The van der Waals surface area contributed by atoms with Gasteiger partial charge in [0.15, 0.2) is 18.0 Å². The average molecular weight is 554 g/mol. The van der Waals surface area contributed by atoms with Crippen LogP contribution in [0, 0.1) is 6.92 Å². The van der Waals surface area contributed by atoms with Gasteiger partial charge in [0.2, 0.25) is 0 Å². The van der Waals surface area contributed by atoms with Crippen LogP contribution in [0.4, 0.5) is 0 Å². The maximum absolute atomic E-state index is 10.1. The predicted octanol–water partition coefficient (Wildman–Crippen LogP) is 0.593. The summed E-state index contributed by atoms with van der Waals surface area (Å²) >= 11 is 0. The van der Waals surface area contributed by atoms with E-state index in [1.807, 2.05) is 0 Å². The molecule has 1 saturated heterocycles. The number of nitrogens with zero attached hydrogens (tertiary/aromatic N) is 2. The molecule has 12 nitrogen and oxygen atoms in total. The normalized spacial score (nSPS) is 19.5. The van der Waals surface area contributed by atoms with E-state index in [4.69, 9.17) is 30.6 Å². The Balaban J connectivity index is 0.000000495. The van der Waals surface area contributed by atoms with Crippen LogP contribution in [0.5, 0.6) is 0 Å². The van der Waals surface area contributed by atoms with Crippen LogP contribution in [0.1, 0.15) is 70.4 Å². The highest BCUT2D eigenvalue weighted by Gasteiger charge is 2.33. The van der Waals surface area contributed by atoms with Gasteiger partial charge in [-0.3, -0.25) is 10.3 Å². The summed E-state index contributed by atoms with van der Waals surface area (Å²) in [6.45, 7) is 9.19. The van der Waals surface area contributed by atoms with Gasteiger partial charge < -0.3 is 41.3 Å². The van der Waals surface area contributed by atoms with Crippen molar-refractivity contribution in [2.45, 2.75) is 103 Å². The predicted molar refractivity (Wildman–Crippen MR) is 150 cm³/mol. The monoisotopic (exact) mass is 553 g/mol. The topological polar surface area (TPSA) is 199 Å². The molecule has 1 heterocycles. The van der Waals surface area contributed by atoms with Gasteiger partial charge in [-0.05, 0) is 32.8 Å². The van der Waals surface area contributed by atoms with E-state index in [9.17, 15) is 4.79 Å². The number of carbonyl (C=O) groups is 1. The van der Waals surface area contributed by atoms with Gasteiger partial charge in [0.05, 0.1) is 13.2 Å². The molecule has 0 aliphatic carbocycles. The van der Waals surface area contributed by atoms with Crippen LogP contribution in [0.2, 0.25) is 0 Å². The number of carboxylic acids is 1. The van der Waals surface area contributed by atoms with Crippen LogP contribution in [-0.2, 0) is 11.3 Å². The molecule has 0 saturated carbocycles. The van der Waals surface area contributed by atoms with Gasteiger partial charge in [-0.15, -0.1) is 0 Å². The number of aliphatic hydroxyl groups is 5. The Morgan fingerprint density at radius 1 is 0.897 bits per heavy atom. The minimum Gasteiger partial charge on any atom is -0.479 e. The number of rotatable bonds is 14. The molecule has 2 rings (SSSR count). The van der Waals surface area contributed by atoms with Crippen molar-refractivity contribution in [1.29, 1.82) is 0 Å². The first-order valence-electron chi connectivity index (χ1n) is 13.4. The number of aliphatic carboxylic acids is 1. The molecular formula is C27H47N5O7. The molecule has 0 radical (unpaired) electrons. The lowest BCUT2D eigenvalue weighted by Gasteiger charge is -2.36. The zero-order chi connectivity index (χ0) is 29.4. The Hall–Kier alpha value is -2.77. The van der Waals surface area contributed by atoms with Crippen LogP contribution in [0.25, 0.3) is 0 Å². The molecule has 1 aromatic rings. The number of guanidine groups is 2. The van der Waals surface area contributed by atoms with Crippen molar-refractivity contribution in [3.05, 3.63) is 35.4 Å². The van der Waals surface area contributed by atoms with Crippen molar-refractivity contribution in [2.24, 2.45) is 9.98 Å². The first kappa shape index (κ1) is 34.3. The third-order valence-electron chi connectivity index (χ3n) is 5.93. The summed E-state index contributed by atoms with van der Waals surface area (Å²) in [5.41, 5.74) is 2.20. The van der Waals surface area contributed by atoms with Gasteiger partial charge in [-0.2, -0.15) is 0 Å². The lowest BCUT2D eigenvalue weighted by Crippen LogP contribution is -2.68. The van der Waals surface area contributed by atoms with Crippen molar-refractivity contribution >= 4 is 17.9 Å². The Morgan fingerprint density at radius 3 is 2.03 bits per heavy atom. The summed E-state index contributed by atoms with van der Waals surface area (Å²) in [6.07, 6.45) is -0.142. The van der Waals surface area contributed by atoms with Gasteiger partial charge in [0.1, 0.15) is 24.0 Å². The fourth-order valence-corrected chi connectivity index (χ4v) is 3.57. The zero-order valence-corrected chi connectivity index (χ0v) is 23.5. The molecule has 1 aliphatic heterocycles. The van der Waals surface area contributed by atoms with Gasteiger partial charge in [-0.1, -0.05) is 68.9 Å². The van der Waals surface area contributed by atoms with Gasteiger partial charge in [0, 0.05) is 6.54 Å². The van der Waals surface area contributed by atoms with Gasteiger partial charge in [0.25, 0.3) is 0 Å². The molecule has 1 aliphatic rings. The molecular weight excluding hydrogens is 506 g/mol. The zero-order valence-electron chi connectivity index (χ0n) is 23.5. The Labute approximate surface area is 230 Å². The van der Waals surface area contributed by atoms with Crippen molar-refractivity contribution in [3.63, 3.8) is 0 Å². The van der Waals surface area contributed by atoms with E-state index in [1.165, 1.54) is 43.2 Å². The maximum atomic E-state index is 10.1. The molecule has 1 fully saturated rings. The SMILES string of the molecule is CCCCCCCCN=C1NC(=NCc2ccc(C)cc2)NC(C)(C)N1.O=C(O)[C@H](O)[C@@H](O)[C@H](O)[C@H](O)CO. The molecule has 12 heteroatoms. The highest BCUT2D eigenvalue weighted by Crippen LogP contribution is 2.08. The summed E-state index contributed by atoms with van der Waals surface area (Å²) < 4.78 is 0. The van der Waals surface area contributed by atoms with E-state index in [1.54, 1.807) is 0 Å². The summed E-state index contributed by atoms with van der Waals surface area (Å²) in [6, 6.07) is 8.49. The first-order valence-corrected chi connectivity index (χ1v) is 13.4. The Kier molecular flexibility index (Phi) is 15.6. The third kappa shape index (κ3) is 13.7. The lowest BCUT2D eigenvalue weighted by atomic mass is 10.0. The number of aliphatic hydroxyl groups excluding tert-OH is 5. The molecule has 1 aromatic carbocycles. The molecule has 9 N–H and O–H groups in total. The molecule has 0 aromatic heterocycles. The van der Waals surface area contributed by atoms with Crippen LogP contribution in [0.15, 0.2) is 34.3 Å². The van der Waals surface area contributed by atoms with Crippen molar-refractivity contribution in [2.75, 3.05) is 13.2 Å². The van der Waals surface area contributed by atoms with E-state index >= 15 is 0 Å². The fourth-order valence-electron chi connectivity index (χ4n) is 3.57. The minimum absolute atomic E-state index is 0.267. The molecule has 0 spiro atoms. The standard InChI is InChI=1S/C21H35N5.C6H12O7/c1-5-6-7-8-9-10-15-22-19-24-20(26-21(3,4)25-19)23-16-18-13-11-17(2)12-14-18;7-1-2(8)3(9)4(10)5(11)6(12)13/h11-14H,5-10,15-16H2,1-4H3,(H3,22,23,24,25,26);2-5,7-11H,1H2,(H,12,13)/t;2-,3-,4+,5-/m.1/s1. The van der Waals surface area contributed by atoms with Crippen LogP contribution in [0.3, 0.4) is 0 Å². The van der Waals surface area contributed by atoms with E-state index < -0.39 is 37.0 Å². The van der Waals surface area contributed by atoms with Gasteiger partial charge in [-0.25, -0.2) is 9.79 Å². The van der Waals surface area contributed by atoms with E-state index in [-0.39, 0.29) is 5.66 Å². The molecule has 222 valence electrons. The van der Waals surface area contributed by atoms with Crippen molar-refractivity contribution in [1.82, 2.24) is 16.0 Å². The van der Waals surface area contributed by atoms with E-state index in [0.717, 1.165) is 24.9 Å². The minimum atomic E-state index is -2.20. The van der Waals surface area contributed by atoms with Crippen molar-refractivity contribution in [3.8, 4) is 0 Å². The number of aliphatic imine (C=N–C) groups is 2. The number of aryl methyl sites for hydroxylation is 1. The Morgan fingerprint density at radius 2 is 1.46 bits per heavy atom. The molecule has 0 amide bonds. The smallest absolute Gasteiger partial charge is 0.335 e. The number of hydrogen-bond acceptors (Lipinski definition) is 8. The second-order valence-electron chi connectivity index (χ2n) is 10.2. The first-order chi connectivity index (χ1) is 18.4. The second-order valence-corrected chi connectivity index (χ2v) is 10.2. The number of benzene rings is 1. The lowest BCUT2D eigenvalue weighted by molar-refractivity contribution is -0.164. The largest absolute Gasteiger partial charge is 0.479 e. The number of hydrogen-bond donors (Lipinski definition) is 9. The van der Waals surface area contributed by atoms with E-state index in [0.29, 0.717) is 6.54 Å². The molecule has 39 heavy (non-hydrogen) atoms. The maximum Gasteiger partial charge on any atom is 0.335 e. The highest BCUT2D eigenvalue weighted by atomic mass is 16.4. The third-order valence-corrected chi connectivity index (χ3v) is 5.93. The highest BCUT2D eigenvalue weighted by molar-refractivity contribution is 6.01. The summed E-state index contributed by atoms with van der Waals surface area (Å²) in [5.74, 6) is -0.141. The van der Waals surface area contributed by atoms with Crippen LogP contribution < -0.4 is 16.0 Å². The van der Waals surface area contributed by atoms with Gasteiger partial charge >= 0.3 is 5.97 Å². The van der Waals surface area contributed by atoms with Crippen molar-refractivity contribution < 1.29 is 35.4 Å². The summed E-state index contributed by atoms with van der Waals surface area (Å²) in [4.78, 5) is 19.5. The van der Waals surface area contributed by atoms with Crippen LogP contribution >= 0.6 is 0 Å². The quantitative estimate of drug-likeness (QED) is 0.147. The number of carboxylic acid groups (broad SMARTS) is 1. The van der Waals surface area contributed by atoms with E-state index in [2.05, 4.69) is 77.9 Å². The molecule has 4 atom stereocenters. The Bertz CT molecular complexity index is 908. The molecule has 0 unspecified atom stereocenters. The molecule has 0 bridgehead atoms. The number of unbranched alkanes of at least 4 members (excludes halogenated alkanes) is 5.